The van der Waals surface area contributed by atoms with E-state index < -0.39 is 5.97 Å². The summed E-state index contributed by atoms with van der Waals surface area (Å²) in [6, 6.07) is 9.35. The normalized spacial score (nSPS) is 14.5. The number of likely N-dealkylation sites (tertiary alicyclic amines) is 1. The summed E-state index contributed by atoms with van der Waals surface area (Å²) in [6.45, 7) is 3.24. The van der Waals surface area contributed by atoms with Gasteiger partial charge < -0.3 is 14.8 Å². The number of ether oxygens (including phenoxy) is 1. The highest BCUT2D eigenvalue weighted by Crippen LogP contribution is 2.35. The summed E-state index contributed by atoms with van der Waals surface area (Å²) in [5.41, 5.74) is 4.38. The van der Waals surface area contributed by atoms with E-state index in [2.05, 4.69) is 20.1 Å². The van der Waals surface area contributed by atoms with Gasteiger partial charge in [0.2, 0.25) is 0 Å². The van der Waals surface area contributed by atoms with Crippen LogP contribution in [0.2, 0.25) is 5.02 Å². The molecule has 176 valence electrons. The number of hydrogen-bond acceptors (Lipinski definition) is 7. The van der Waals surface area contributed by atoms with E-state index in [1.165, 1.54) is 0 Å². The third kappa shape index (κ3) is 4.07. The molecular weight excluding hydrogens is 470 g/mol. The van der Waals surface area contributed by atoms with Crippen molar-refractivity contribution < 1.29 is 14.6 Å². The van der Waals surface area contributed by atoms with Crippen LogP contribution >= 0.6 is 11.6 Å². The van der Waals surface area contributed by atoms with Crippen molar-refractivity contribution in [1.82, 2.24) is 34.6 Å². The zero-order valence-corrected chi connectivity index (χ0v) is 19.4. The number of aliphatic carboxylic acids is 1. The number of nitrogens with one attached hydrogen (secondary N) is 1. The van der Waals surface area contributed by atoms with Gasteiger partial charge in [-0.2, -0.15) is 5.10 Å². The van der Waals surface area contributed by atoms with E-state index in [0.717, 1.165) is 22.4 Å². The number of carboxylic acids is 1. The van der Waals surface area contributed by atoms with Crippen LogP contribution in [0.15, 0.2) is 48.9 Å². The van der Waals surface area contributed by atoms with E-state index in [4.69, 9.17) is 26.4 Å². The van der Waals surface area contributed by atoms with E-state index in [1.54, 1.807) is 18.5 Å². The molecule has 1 aliphatic rings. The lowest BCUT2D eigenvalue weighted by Gasteiger charge is -2.37. The second-order valence-electron chi connectivity index (χ2n) is 8.55. The fourth-order valence-electron chi connectivity index (χ4n) is 4.25. The first-order chi connectivity index (χ1) is 16.9. The van der Waals surface area contributed by atoms with Crippen molar-refractivity contribution >= 4 is 39.6 Å². The highest BCUT2D eigenvalue weighted by molar-refractivity contribution is 6.36. The second kappa shape index (κ2) is 8.33. The van der Waals surface area contributed by atoms with Crippen LogP contribution in [0.1, 0.15) is 11.9 Å². The number of carbonyl (C=O) groups is 1. The Hall–Kier alpha value is -4.02. The molecule has 1 saturated heterocycles. The van der Waals surface area contributed by atoms with Crippen LogP contribution in [0.4, 0.5) is 0 Å². The maximum Gasteiger partial charge on any atom is 0.317 e. The zero-order chi connectivity index (χ0) is 24.1. The average Bonchev–Trinajstić information content (AvgIpc) is 3.43. The number of halogens is 1. The molecule has 0 spiro atoms. The van der Waals surface area contributed by atoms with Crippen molar-refractivity contribution in [3.63, 3.8) is 0 Å². The average molecular weight is 490 g/mol. The number of fused-ring (bicyclic) bond motifs is 2. The minimum Gasteiger partial charge on any atom is -0.480 e. The monoisotopic (exact) mass is 489 g/mol. The van der Waals surface area contributed by atoms with Crippen LogP contribution in [0.3, 0.4) is 0 Å². The van der Waals surface area contributed by atoms with Gasteiger partial charge in [-0.1, -0.05) is 11.6 Å². The van der Waals surface area contributed by atoms with E-state index >= 15 is 0 Å². The molecule has 1 aliphatic heterocycles. The summed E-state index contributed by atoms with van der Waals surface area (Å²) in [5.74, 6) is 1.12. The van der Waals surface area contributed by atoms with Crippen molar-refractivity contribution in [2.45, 2.75) is 13.0 Å². The number of aromatic amines is 1. The lowest BCUT2D eigenvalue weighted by atomic mass is 10.1. The SMILES string of the molecule is Cc1nc2ccc(Oc3ccc4ncc(-c5cnn(C6CN(CC(=O)O)C6)c5)nc4c3Cl)cc2[nH]1. The summed E-state index contributed by atoms with van der Waals surface area (Å²) in [6.07, 6.45) is 5.31. The van der Waals surface area contributed by atoms with Gasteiger partial charge in [-0.05, 0) is 31.2 Å². The predicted molar refractivity (Wildman–Crippen MR) is 130 cm³/mol. The van der Waals surface area contributed by atoms with Crippen LogP contribution in [-0.2, 0) is 4.79 Å². The standard InChI is InChI=1S/C24H20ClN7O3/c1-13-28-17-3-2-16(6-19(17)29-13)35-21-5-4-18-24(23(21)25)30-20(8-26-18)14-7-27-32(9-14)15-10-31(11-15)12-22(33)34/h2-9,15H,10-12H2,1H3,(H,28,29)(H,33,34). The number of benzene rings is 2. The fourth-order valence-corrected chi connectivity index (χ4v) is 4.49. The van der Waals surface area contributed by atoms with Gasteiger partial charge in [0.15, 0.2) is 0 Å². The molecule has 0 unspecified atom stereocenters. The molecule has 0 aliphatic carbocycles. The second-order valence-corrected chi connectivity index (χ2v) is 8.93. The van der Waals surface area contributed by atoms with E-state index in [9.17, 15) is 4.79 Å². The first-order valence-corrected chi connectivity index (χ1v) is 11.4. The van der Waals surface area contributed by atoms with Gasteiger partial charge in [-0.3, -0.25) is 19.4 Å². The topological polar surface area (TPSA) is 122 Å². The highest BCUT2D eigenvalue weighted by Gasteiger charge is 2.30. The highest BCUT2D eigenvalue weighted by atomic mass is 35.5. The van der Waals surface area contributed by atoms with E-state index in [-0.39, 0.29) is 12.6 Å². The van der Waals surface area contributed by atoms with Crippen molar-refractivity contribution in [1.29, 1.82) is 0 Å². The number of imidazole rings is 1. The molecule has 1 fully saturated rings. The number of aromatic nitrogens is 6. The van der Waals surface area contributed by atoms with E-state index in [0.29, 0.717) is 46.3 Å². The first-order valence-electron chi connectivity index (χ1n) is 11.0. The number of aryl methyl sites for hydroxylation is 1. The van der Waals surface area contributed by atoms with Crippen molar-refractivity contribution in [2.75, 3.05) is 19.6 Å². The molecule has 3 aromatic heterocycles. The number of H-pyrrole nitrogens is 1. The summed E-state index contributed by atoms with van der Waals surface area (Å²) in [7, 11) is 0. The quantitative estimate of drug-likeness (QED) is 0.366. The molecule has 10 nitrogen and oxygen atoms in total. The van der Waals surface area contributed by atoms with Crippen LogP contribution in [-0.4, -0.2) is 65.3 Å². The fraction of sp³-hybridized carbons (Fsp3) is 0.208. The lowest BCUT2D eigenvalue weighted by molar-refractivity contribution is -0.139. The number of nitrogens with zero attached hydrogens (tertiary/aromatic N) is 6. The number of carboxylic acid groups (broad SMARTS) is 1. The van der Waals surface area contributed by atoms with Gasteiger partial charge in [0.05, 0.1) is 47.2 Å². The van der Waals surface area contributed by atoms with Gasteiger partial charge in [0.25, 0.3) is 0 Å². The predicted octanol–water partition coefficient (Wildman–Crippen LogP) is 4.07. The molecular formula is C24H20ClN7O3. The molecule has 2 N–H and O–H groups in total. The molecule has 6 rings (SSSR count). The molecule has 0 saturated carbocycles. The molecule has 35 heavy (non-hydrogen) atoms. The maximum absolute atomic E-state index is 10.8. The number of rotatable bonds is 6. The van der Waals surface area contributed by atoms with Gasteiger partial charge in [0.1, 0.15) is 27.9 Å². The molecule has 0 radical (unpaired) electrons. The molecule has 4 heterocycles. The molecule has 0 bridgehead atoms. The van der Waals surface area contributed by atoms with Gasteiger partial charge >= 0.3 is 5.97 Å². The lowest BCUT2D eigenvalue weighted by Crippen LogP contribution is -2.49. The minimum absolute atomic E-state index is 0.0407. The molecule has 11 heteroatoms. The Morgan fingerprint density at radius 2 is 2.03 bits per heavy atom. The maximum atomic E-state index is 10.8. The van der Waals surface area contributed by atoms with Gasteiger partial charge in [0, 0.05) is 30.9 Å². The van der Waals surface area contributed by atoms with Crippen LogP contribution in [0, 0.1) is 6.92 Å². The Balaban J connectivity index is 1.26. The Bertz CT molecular complexity index is 1590. The Morgan fingerprint density at radius 1 is 1.20 bits per heavy atom. The number of hydrogen-bond donors (Lipinski definition) is 2. The minimum atomic E-state index is -0.826. The third-order valence-corrected chi connectivity index (χ3v) is 6.35. The summed E-state index contributed by atoms with van der Waals surface area (Å²) >= 11 is 6.70. The van der Waals surface area contributed by atoms with Gasteiger partial charge in [-0.15, -0.1) is 0 Å². The largest absolute Gasteiger partial charge is 0.480 e. The first kappa shape index (κ1) is 21.5. The Morgan fingerprint density at radius 3 is 2.86 bits per heavy atom. The zero-order valence-electron chi connectivity index (χ0n) is 18.6. The summed E-state index contributed by atoms with van der Waals surface area (Å²) in [4.78, 5) is 29.6. The smallest absolute Gasteiger partial charge is 0.317 e. The van der Waals surface area contributed by atoms with Crippen LogP contribution in [0.25, 0.3) is 33.3 Å². The molecule has 5 aromatic rings. The Kier molecular flexibility index (Phi) is 5.12. The van der Waals surface area contributed by atoms with Crippen LogP contribution < -0.4 is 4.74 Å². The van der Waals surface area contributed by atoms with Crippen molar-refractivity contribution in [3.8, 4) is 22.8 Å². The molecule has 2 aromatic carbocycles. The van der Waals surface area contributed by atoms with Crippen LogP contribution in [0.5, 0.6) is 11.5 Å². The van der Waals surface area contributed by atoms with Gasteiger partial charge in [-0.25, -0.2) is 9.97 Å². The van der Waals surface area contributed by atoms with Crippen molar-refractivity contribution in [2.24, 2.45) is 0 Å². The summed E-state index contributed by atoms with van der Waals surface area (Å²) in [5, 5.41) is 13.7. The third-order valence-electron chi connectivity index (χ3n) is 5.99. The Labute approximate surface area is 204 Å². The molecule has 0 amide bonds. The van der Waals surface area contributed by atoms with E-state index in [1.807, 2.05) is 47.0 Å². The summed E-state index contributed by atoms with van der Waals surface area (Å²) < 4.78 is 7.91. The van der Waals surface area contributed by atoms with Crippen molar-refractivity contribution in [3.05, 3.63) is 59.8 Å². The molecule has 0 atom stereocenters.